The predicted octanol–water partition coefficient (Wildman–Crippen LogP) is 4.64. The van der Waals surface area contributed by atoms with Crippen LogP contribution in [0, 0.1) is 5.92 Å². The van der Waals surface area contributed by atoms with Gasteiger partial charge in [0.05, 0.1) is 19.3 Å². The molecule has 2 aromatic rings. The maximum absolute atomic E-state index is 12.5. The fourth-order valence-electron chi connectivity index (χ4n) is 3.11. The van der Waals surface area contributed by atoms with Gasteiger partial charge in [-0.2, -0.15) is 0 Å². The molecule has 0 aliphatic carbocycles. The molecular weight excluding hydrogens is 354 g/mol. The van der Waals surface area contributed by atoms with E-state index in [-0.39, 0.29) is 23.6 Å². The van der Waals surface area contributed by atoms with Crippen LogP contribution in [0.5, 0.6) is 17.2 Å². The van der Waals surface area contributed by atoms with Crippen molar-refractivity contribution in [3.8, 4) is 17.2 Å². The molecule has 0 saturated carbocycles. The summed E-state index contributed by atoms with van der Waals surface area (Å²) in [5.74, 6) is 1.79. The van der Waals surface area contributed by atoms with Gasteiger partial charge in [0.2, 0.25) is 5.91 Å². The van der Waals surface area contributed by atoms with Crippen LogP contribution >= 0.6 is 0 Å². The van der Waals surface area contributed by atoms with Crippen molar-refractivity contribution >= 4 is 5.91 Å². The van der Waals surface area contributed by atoms with E-state index >= 15 is 0 Å². The summed E-state index contributed by atoms with van der Waals surface area (Å²) in [6.45, 7) is 9.13. The van der Waals surface area contributed by atoms with Gasteiger partial charge in [0.15, 0.2) is 11.5 Å². The lowest BCUT2D eigenvalue weighted by molar-refractivity contribution is -0.122. The highest BCUT2D eigenvalue weighted by Gasteiger charge is 2.20. The highest BCUT2D eigenvalue weighted by Crippen LogP contribution is 2.33. The summed E-state index contributed by atoms with van der Waals surface area (Å²) in [7, 11) is 0. The minimum Gasteiger partial charge on any atom is -0.508 e. The summed E-state index contributed by atoms with van der Waals surface area (Å²) >= 11 is 0. The van der Waals surface area contributed by atoms with Crippen LogP contribution in [0.1, 0.15) is 51.3 Å². The second-order valence-electron chi connectivity index (χ2n) is 6.99. The molecule has 2 rings (SSSR count). The first-order valence-corrected chi connectivity index (χ1v) is 9.92. The molecule has 5 nitrogen and oxygen atoms in total. The van der Waals surface area contributed by atoms with Gasteiger partial charge in [0.25, 0.3) is 0 Å². The quantitative estimate of drug-likeness (QED) is 0.625. The second-order valence-corrected chi connectivity index (χ2v) is 6.99. The van der Waals surface area contributed by atoms with Gasteiger partial charge in [0.1, 0.15) is 5.75 Å². The molecule has 0 aliphatic rings. The maximum atomic E-state index is 12.5. The summed E-state index contributed by atoms with van der Waals surface area (Å²) < 4.78 is 11.3. The fourth-order valence-corrected chi connectivity index (χ4v) is 3.11. The van der Waals surface area contributed by atoms with E-state index in [1.807, 2.05) is 44.2 Å². The number of aryl methyl sites for hydroxylation is 1. The average Bonchev–Trinajstić information content (AvgIpc) is 2.67. The van der Waals surface area contributed by atoms with E-state index in [0.29, 0.717) is 37.6 Å². The number of benzene rings is 2. The number of carbonyl (C=O) groups is 1. The molecule has 1 amide bonds. The number of nitrogens with one attached hydrogen (secondary N) is 1. The molecule has 28 heavy (non-hydrogen) atoms. The second kappa shape index (κ2) is 10.6. The molecule has 1 atom stereocenters. The lowest BCUT2D eigenvalue weighted by Gasteiger charge is -2.24. The van der Waals surface area contributed by atoms with Crippen molar-refractivity contribution in [3.05, 3.63) is 53.6 Å². The van der Waals surface area contributed by atoms with Crippen molar-refractivity contribution in [2.45, 2.75) is 46.6 Å². The van der Waals surface area contributed by atoms with E-state index in [1.165, 1.54) is 0 Å². The third kappa shape index (κ3) is 5.91. The zero-order valence-corrected chi connectivity index (χ0v) is 17.2. The number of phenolic OH excluding ortho intramolecular Hbond substituents is 1. The third-order valence-corrected chi connectivity index (χ3v) is 4.52. The van der Waals surface area contributed by atoms with Gasteiger partial charge in [-0.1, -0.05) is 38.1 Å². The molecule has 0 bridgehead atoms. The van der Waals surface area contributed by atoms with Crippen molar-refractivity contribution in [2.75, 3.05) is 13.2 Å². The van der Waals surface area contributed by atoms with E-state index in [9.17, 15) is 9.90 Å². The molecule has 152 valence electrons. The maximum Gasteiger partial charge on any atom is 0.220 e. The zero-order valence-electron chi connectivity index (χ0n) is 17.2. The number of para-hydroxylation sites is 1. The molecule has 0 aromatic heterocycles. The average molecular weight is 386 g/mol. The molecule has 2 aromatic carbocycles. The molecule has 0 spiro atoms. The first-order chi connectivity index (χ1) is 13.5. The van der Waals surface area contributed by atoms with Gasteiger partial charge in [-0.3, -0.25) is 4.79 Å². The Balaban J connectivity index is 2.11. The molecule has 5 heteroatoms. The van der Waals surface area contributed by atoms with Gasteiger partial charge in [-0.25, -0.2) is 0 Å². The Hall–Kier alpha value is -2.69. The topological polar surface area (TPSA) is 67.8 Å². The minimum atomic E-state index is -0.133. The lowest BCUT2D eigenvalue weighted by atomic mass is 9.95. The first kappa shape index (κ1) is 21.6. The smallest absolute Gasteiger partial charge is 0.220 e. The van der Waals surface area contributed by atoms with E-state index in [2.05, 4.69) is 19.2 Å². The molecule has 2 N–H and O–H groups in total. The van der Waals surface area contributed by atoms with Crippen LogP contribution in [-0.4, -0.2) is 24.2 Å². The number of hydrogen-bond acceptors (Lipinski definition) is 4. The molecule has 0 heterocycles. The highest BCUT2D eigenvalue weighted by atomic mass is 16.5. The molecule has 0 radical (unpaired) electrons. The number of ether oxygens (including phenoxy) is 2. The number of phenols is 1. The first-order valence-electron chi connectivity index (χ1n) is 9.92. The van der Waals surface area contributed by atoms with Crippen molar-refractivity contribution in [1.29, 1.82) is 0 Å². The third-order valence-electron chi connectivity index (χ3n) is 4.52. The van der Waals surface area contributed by atoms with Crippen LogP contribution in [-0.2, 0) is 11.2 Å². The van der Waals surface area contributed by atoms with Gasteiger partial charge in [-0.05, 0) is 55.5 Å². The van der Waals surface area contributed by atoms with Crippen molar-refractivity contribution < 1.29 is 19.4 Å². The van der Waals surface area contributed by atoms with Crippen LogP contribution in [0.3, 0.4) is 0 Å². The van der Waals surface area contributed by atoms with Gasteiger partial charge >= 0.3 is 0 Å². The lowest BCUT2D eigenvalue weighted by Crippen LogP contribution is -2.32. The molecular formula is C23H31NO4. The van der Waals surface area contributed by atoms with Crippen LogP contribution in [0.4, 0.5) is 0 Å². The van der Waals surface area contributed by atoms with E-state index in [0.717, 1.165) is 11.1 Å². The predicted molar refractivity (Wildman–Crippen MR) is 111 cm³/mol. The Labute approximate surface area is 167 Å². The van der Waals surface area contributed by atoms with E-state index < -0.39 is 0 Å². The Morgan fingerprint density at radius 1 is 1.04 bits per heavy atom. The van der Waals surface area contributed by atoms with E-state index in [4.69, 9.17) is 9.47 Å². The number of amides is 1. The van der Waals surface area contributed by atoms with Crippen molar-refractivity contribution in [3.63, 3.8) is 0 Å². The standard InChI is InChI=1S/C23H31NO4/c1-5-27-20-13-11-18(15-21(20)28-6-2)23(16(3)4)24-22(26)14-12-17-9-7-8-10-19(17)25/h7-11,13,15-16,23,25H,5-6,12,14H2,1-4H3,(H,24,26). The van der Waals surface area contributed by atoms with Gasteiger partial charge in [0, 0.05) is 6.42 Å². The van der Waals surface area contributed by atoms with Crippen LogP contribution < -0.4 is 14.8 Å². The largest absolute Gasteiger partial charge is 0.508 e. The van der Waals surface area contributed by atoms with Crippen molar-refractivity contribution in [1.82, 2.24) is 5.32 Å². The summed E-state index contributed by atoms with van der Waals surface area (Å²) in [6, 6.07) is 12.8. The van der Waals surface area contributed by atoms with Gasteiger partial charge < -0.3 is 19.9 Å². The van der Waals surface area contributed by atoms with Crippen LogP contribution in [0.2, 0.25) is 0 Å². The minimum absolute atomic E-state index is 0.0474. The SMILES string of the molecule is CCOc1ccc(C(NC(=O)CCc2ccccc2O)C(C)C)cc1OCC. The number of carbonyl (C=O) groups excluding carboxylic acids is 1. The van der Waals surface area contributed by atoms with Crippen LogP contribution in [0.15, 0.2) is 42.5 Å². The fraction of sp³-hybridized carbons (Fsp3) is 0.435. The Morgan fingerprint density at radius 2 is 1.71 bits per heavy atom. The Kier molecular flexibility index (Phi) is 8.18. The Bertz CT molecular complexity index is 773. The summed E-state index contributed by atoms with van der Waals surface area (Å²) in [4.78, 5) is 12.5. The normalized spacial score (nSPS) is 11.9. The summed E-state index contributed by atoms with van der Waals surface area (Å²) in [5, 5.41) is 13.0. The summed E-state index contributed by atoms with van der Waals surface area (Å²) in [5.41, 5.74) is 1.76. The van der Waals surface area contributed by atoms with Crippen molar-refractivity contribution in [2.24, 2.45) is 5.92 Å². The Morgan fingerprint density at radius 3 is 2.36 bits per heavy atom. The number of hydrogen-bond donors (Lipinski definition) is 2. The molecule has 0 fully saturated rings. The molecule has 0 aliphatic heterocycles. The van der Waals surface area contributed by atoms with Gasteiger partial charge in [-0.15, -0.1) is 0 Å². The molecule has 1 unspecified atom stereocenters. The van der Waals surface area contributed by atoms with E-state index in [1.54, 1.807) is 12.1 Å². The highest BCUT2D eigenvalue weighted by molar-refractivity contribution is 5.77. The number of aromatic hydroxyl groups is 1. The van der Waals surface area contributed by atoms with Crippen LogP contribution in [0.25, 0.3) is 0 Å². The number of rotatable bonds is 10. The summed E-state index contributed by atoms with van der Waals surface area (Å²) in [6.07, 6.45) is 0.812. The molecule has 0 saturated heterocycles. The zero-order chi connectivity index (χ0) is 20.5. The monoisotopic (exact) mass is 385 g/mol.